The molecule has 0 N–H and O–H groups in total. The van der Waals surface area contributed by atoms with Gasteiger partial charge in [0.2, 0.25) is 0 Å². The quantitative estimate of drug-likeness (QED) is 0.593. The van der Waals surface area contributed by atoms with Gasteiger partial charge in [0, 0.05) is 0 Å². The van der Waals surface area contributed by atoms with Crippen LogP contribution in [0.25, 0.3) is 0 Å². The van der Waals surface area contributed by atoms with Gasteiger partial charge in [0.15, 0.2) is 0 Å². The van der Waals surface area contributed by atoms with Crippen molar-refractivity contribution in [3.05, 3.63) is 24.3 Å². The van der Waals surface area contributed by atoms with Crippen LogP contribution < -0.4 is 0 Å². The molecule has 0 spiro atoms. The van der Waals surface area contributed by atoms with E-state index in [1.807, 2.05) is 0 Å². The van der Waals surface area contributed by atoms with Crippen molar-refractivity contribution < 1.29 is 35.1 Å². The van der Waals surface area contributed by atoms with Crippen LogP contribution in [0.3, 0.4) is 0 Å². The van der Waals surface area contributed by atoms with Gasteiger partial charge in [-0.1, -0.05) is 0 Å². The van der Waals surface area contributed by atoms with Crippen LogP contribution in [-0.2, 0) is 0 Å². The minimum absolute atomic E-state index is 1.83. The summed E-state index contributed by atoms with van der Waals surface area (Å²) in [4.78, 5) is 0. The van der Waals surface area contributed by atoms with Crippen LogP contribution in [0.1, 0.15) is 0 Å². The summed E-state index contributed by atoms with van der Waals surface area (Å²) >= 11 is 0. The van der Waals surface area contributed by atoms with Gasteiger partial charge in [-0.25, -0.2) is 4.39 Å². The lowest BCUT2D eigenvalue weighted by Gasteiger charge is -2.04. The second-order valence-electron chi connectivity index (χ2n) is 1.71. The van der Waals surface area contributed by atoms with E-state index in [0.717, 1.165) is 0 Å². The first-order valence-corrected chi connectivity index (χ1v) is 2.80. The molecule has 0 atom stereocenters. The highest BCUT2D eigenvalue weighted by molar-refractivity contribution is 5.09. The van der Waals surface area contributed by atoms with E-state index in [-0.39, 0.29) is 0 Å². The number of hydrogen-bond acceptors (Lipinski definition) is 0. The molecule has 0 saturated carbocycles. The maximum absolute atomic E-state index is 11.2. The Hall–Kier alpha value is -1.08. The molecule has 84 valence electrons. The van der Waals surface area contributed by atoms with Crippen molar-refractivity contribution in [2.24, 2.45) is 0 Å². The summed E-state index contributed by atoms with van der Waals surface area (Å²) in [5.74, 6) is 0. The minimum Gasteiger partial charge on any atom is -0.246 e. The molecule has 0 fully saturated rings. The van der Waals surface area contributed by atoms with Gasteiger partial charge in [-0.05, 0) is 6.58 Å². The van der Waals surface area contributed by atoms with Crippen molar-refractivity contribution in [3.63, 3.8) is 0 Å². The molecule has 0 heterocycles. The summed E-state index contributed by atoms with van der Waals surface area (Å²) in [5, 5.41) is 0. The van der Waals surface area contributed by atoms with Gasteiger partial charge in [-0.3, -0.25) is 0 Å². The molecule has 0 aromatic rings. The summed E-state index contributed by atoms with van der Waals surface area (Å²) in [6.45, 7) is 0.0336. The Morgan fingerprint density at radius 1 is 1.00 bits per heavy atom. The molecule has 8 heteroatoms. The molecule has 0 aromatic heterocycles. The number of rotatable bonds is 1. The third-order valence-corrected chi connectivity index (χ3v) is 0.704. The molecule has 0 aromatic carbocycles. The molecule has 0 rings (SSSR count). The zero-order valence-corrected chi connectivity index (χ0v) is 6.44. The fraction of sp³-hybridized carbons (Fsp3) is 0.333. The highest BCUT2D eigenvalue weighted by atomic mass is 19.4. The van der Waals surface area contributed by atoms with Gasteiger partial charge in [-0.2, -0.15) is 30.7 Å². The van der Waals surface area contributed by atoms with Crippen molar-refractivity contribution in [2.75, 3.05) is 6.67 Å². The Labute approximate surface area is 73.5 Å². The van der Waals surface area contributed by atoms with E-state index in [9.17, 15) is 35.1 Å². The predicted octanol–water partition coefficient (Wildman–Crippen LogP) is 4.07. The lowest BCUT2D eigenvalue weighted by molar-refractivity contribution is -0.0986. The third kappa shape index (κ3) is 9.01. The Kier molecular flexibility index (Phi) is 7.02. The SMILES string of the molecule is C=C(F)F.FCC(=C(F)F)C(F)(F)F. The highest BCUT2D eigenvalue weighted by Crippen LogP contribution is 2.29. The fourth-order valence-corrected chi connectivity index (χ4v) is 0.233. The zero-order valence-electron chi connectivity index (χ0n) is 6.44. The zero-order chi connectivity index (χ0) is 11.9. The molecule has 0 radical (unpaired) electrons. The molecule has 0 amide bonds. The van der Waals surface area contributed by atoms with Gasteiger partial charge in [0.05, 0.1) is 0 Å². The summed E-state index contributed by atoms with van der Waals surface area (Å²) in [7, 11) is 0. The Morgan fingerprint density at radius 2 is 1.29 bits per heavy atom. The lowest BCUT2D eigenvalue weighted by atomic mass is 10.3. The number of alkyl halides is 4. The molecular formula is C6H4F8. The highest BCUT2D eigenvalue weighted by Gasteiger charge is 2.37. The van der Waals surface area contributed by atoms with Crippen LogP contribution in [-0.4, -0.2) is 12.9 Å². The molecule has 0 unspecified atom stereocenters. The molecule has 0 bridgehead atoms. The molecule has 0 nitrogen and oxygen atoms in total. The molecule has 14 heavy (non-hydrogen) atoms. The maximum Gasteiger partial charge on any atom is 0.420 e. The Morgan fingerprint density at radius 3 is 1.29 bits per heavy atom. The van der Waals surface area contributed by atoms with Gasteiger partial charge < -0.3 is 0 Å². The Balaban J connectivity index is 0. The van der Waals surface area contributed by atoms with E-state index in [0.29, 0.717) is 0 Å². The van der Waals surface area contributed by atoms with Crippen LogP contribution in [0, 0.1) is 0 Å². The molecule has 0 aliphatic heterocycles. The number of halogens is 8. The van der Waals surface area contributed by atoms with Crippen molar-refractivity contribution in [1.29, 1.82) is 0 Å². The summed E-state index contributed by atoms with van der Waals surface area (Å²) < 4.78 is 87.2. The average molecular weight is 228 g/mol. The molecule has 0 aliphatic rings. The first-order chi connectivity index (χ1) is 6.12. The van der Waals surface area contributed by atoms with E-state index >= 15 is 0 Å². The molecule has 0 aliphatic carbocycles. The lowest BCUT2D eigenvalue weighted by Crippen LogP contribution is -2.14. The van der Waals surface area contributed by atoms with Crippen LogP contribution >= 0.6 is 0 Å². The molecule has 0 saturated heterocycles. The van der Waals surface area contributed by atoms with Crippen molar-refractivity contribution in [2.45, 2.75) is 6.18 Å². The van der Waals surface area contributed by atoms with Gasteiger partial charge in [0.1, 0.15) is 12.2 Å². The van der Waals surface area contributed by atoms with Crippen LogP contribution in [0.15, 0.2) is 24.3 Å². The minimum atomic E-state index is -5.26. The van der Waals surface area contributed by atoms with Gasteiger partial charge >= 0.3 is 6.18 Å². The van der Waals surface area contributed by atoms with Crippen molar-refractivity contribution in [1.82, 2.24) is 0 Å². The topological polar surface area (TPSA) is 0 Å². The third-order valence-electron chi connectivity index (χ3n) is 0.704. The summed E-state index contributed by atoms with van der Waals surface area (Å²) in [6, 6.07) is 0. The Bertz CT molecular complexity index is 204. The molecular weight excluding hydrogens is 224 g/mol. The maximum atomic E-state index is 11.2. The summed E-state index contributed by atoms with van der Waals surface area (Å²) in [5.41, 5.74) is -2.41. The first kappa shape index (κ1) is 15.4. The predicted molar refractivity (Wildman–Crippen MR) is 32.6 cm³/mol. The van der Waals surface area contributed by atoms with E-state index < -0.39 is 30.6 Å². The summed E-state index contributed by atoms with van der Waals surface area (Å²) in [6.07, 6.45) is -10.1. The van der Waals surface area contributed by atoms with Gasteiger partial charge in [0.25, 0.3) is 12.2 Å². The van der Waals surface area contributed by atoms with Crippen molar-refractivity contribution >= 4 is 0 Å². The van der Waals surface area contributed by atoms with E-state index in [4.69, 9.17) is 0 Å². The normalized spacial score (nSPS) is 10.0. The number of allylic oxidation sites excluding steroid dienone is 1. The largest absolute Gasteiger partial charge is 0.420 e. The van der Waals surface area contributed by atoms with Crippen LogP contribution in [0.4, 0.5) is 35.1 Å². The first-order valence-electron chi connectivity index (χ1n) is 2.80. The average Bonchev–Trinajstić information content (AvgIpc) is 1.81. The fourth-order valence-electron chi connectivity index (χ4n) is 0.233. The second kappa shape index (κ2) is 6.39. The second-order valence-corrected chi connectivity index (χ2v) is 1.71. The monoisotopic (exact) mass is 228 g/mol. The van der Waals surface area contributed by atoms with Crippen molar-refractivity contribution in [3.8, 4) is 0 Å². The number of hydrogen-bond donors (Lipinski definition) is 0. The van der Waals surface area contributed by atoms with Crippen LogP contribution in [0.2, 0.25) is 0 Å². The standard InChI is InChI=1S/C4H2F6.C2H2F2/c5-1-2(3(6)7)4(8,9)10;1-2(3)4/h1H2;1H2. The van der Waals surface area contributed by atoms with Gasteiger partial charge in [-0.15, -0.1) is 0 Å². The van der Waals surface area contributed by atoms with Crippen LogP contribution in [0.5, 0.6) is 0 Å². The van der Waals surface area contributed by atoms with E-state index in [2.05, 4.69) is 6.58 Å². The van der Waals surface area contributed by atoms with E-state index in [1.165, 1.54) is 0 Å². The smallest absolute Gasteiger partial charge is 0.246 e. The van der Waals surface area contributed by atoms with E-state index in [1.54, 1.807) is 0 Å².